The van der Waals surface area contributed by atoms with Crippen LogP contribution in [-0.2, 0) is 27.6 Å². The lowest BCUT2D eigenvalue weighted by Gasteiger charge is -2.31. The molecule has 0 saturated carbocycles. The number of carbonyl (C=O) groups excluding carboxylic acids is 1. The van der Waals surface area contributed by atoms with E-state index in [1.165, 1.54) is 5.56 Å². The second-order valence-electron chi connectivity index (χ2n) is 7.00. The van der Waals surface area contributed by atoms with Crippen LogP contribution in [0.5, 0.6) is 11.5 Å². The van der Waals surface area contributed by atoms with E-state index in [0.29, 0.717) is 25.3 Å². The molecule has 0 aromatic heterocycles. The van der Waals surface area contributed by atoms with Crippen LogP contribution in [0.2, 0.25) is 0 Å². The number of amides is 1. The summed E-state index contributed by atoms with van der Waals surface area (Å²) < 4.78 is 34.0. The Hall–Kier alpha value is -1.80. The van der Waals surface area contributed by atoms with Gasteiger partial charge in [0.2, 0.25) is 5.91 Å². The summed E-state index contributed by atoms with van der Waals surface area (Å²) in [5.41, 5.74) is 2.34. The van der Waals surface area contributed by atoms with Crippen molar-refractivity contribution < 1.29 is 22.7 Å². The second kappa shape index (κ2) is 7.44. The van der Waals surface area contributed by atoms with Crippen LogP contribution >= 0.6 is 0 Å². The number of sulfone groups is 1. The van der Waals surface area contributed by atoms with Crippen LogP contribution in [0, 0.1) is 0 Å². The Kier molecular flexibility index (Phi) is 5.43. The van der Waals surface area contributed by atoms with Crippen molar-refractivity contribution >= 4 is 15.7 Å². The zero-order valence-corrected chi connectivity index (χ0v) is 16.3. The van der Waals surface area contributed by atoms with Crippen LogP contribution in [0.15, 0.2) is 12.1 Å². The van der Waals surface area contributed by atoms with Crippen molar-refractivity contribution in [1.82, 2.24) is 9.80 Å². The van der Waals surface area contributed by atoms with Gasteiger partial charge in [-0.15, -0.1) is 0 Å². The van der Waals surface area contributed by atoms with E-state index in [2.05, 4.69) is 4.90 Å². The number of ether oxygens (including phenoxy) is 2. The minimum Gasteiger partial charge on any atom is -0.493 e. The topological polar surface area (TPSA) is 76.2 Å². The molecule has 7 nitrogen and oxygen atoms in total. The van der Waals surface area contributed by atoms with Gasteiger partial charge in [0.25, 0.3) is 0 Å². The van der Waals surface area contributed by atoms with Gasteiger partial charge in [-0.2, -0.15) is 0 Å². The third-order valence-corrected chi connectivity index (χ3v) is 7.06. The number of rotatable bonds is 5. The van der Waals surface area contributed by atoms with Gasteiger partial charge in [-0.3, -0.25) is 9.69 Å². The van der Waals surface area contributed by atoms with Crippen LogP contribution in [0.1, 0.15) is 17.5 Å². The summed E-state index contributed by atoms with van der Waals surface area (Å²) in [5.74, 6) is 1.63. The van der Waals surface area contributed by atoms with Gasteiger partial charge in [0.1, 0.15) is 0 Å². The minimum absolute atomic E-state index is 0.0315. The molecular formula is C18H26N2O5S. The summed E-state index contributed by atoms with van der Waals surface area (Å²) in [6.07, 6.45) is 1.37. The lowest BCUT2D eigenvalue weighted by molar-refractivity contribution is -0.133. The fraction of sp³-hybridized carbons (Fsp3) is 0.611. The zero-order chi connectivity index (χ0) is 18.9. The van der Waals surface area contributed by atoms with Crippen molar-refractivity contribution in [3.05, 3.63) is 23.3 Å². The van der Waals surface area contributed by atoms with Crippen molar-refractivity contribution in [3.8, 4) is 11.5 Å². The third-order valence-electron chi connectivity index (χ3n) is 5.31. The standard InChI is InChI=1S/C18H26N2O5S/c1-19(15-5-7-26(22,23)12-15)18(21)11-20-6-4-13-8-16(24-2)17(25-3)9-14(13)10-20/h8-9,15H,4-7,10-12H2,1-3H3. The summed E-state index contributed by atoms with van der Waals surface area (Å²) in [7, 11) is 1.95. The molecule has 0 radical (unpaired) electrons. The Bertz CT molecular complexity index is 793. The fourth-order valence-corrected chi connectivity index (χ4v) is 5.44. The number of hydrogen-bond acceptors (Lipinski definition) is 6. The van der Waals surface area contributed by atoms with Crippen LogP contribution in [-0.4, -0.2) is 76.0 Å². The van der Waals surface area contributed by atoms with Gasteiger partial charge in [0.15, 0.2) is 21.3 Å². The number of likely N-dealkylation sites (N-methyl/N-ethyl adjacent to an activating group) is 1. The van der Waals surface area contributed by atoms with Crippen molar-refractivity contribution in [2.45, 2.75) is 25.4 Å². The molecular weight excluding hydrogens is 356 g/mol. The van der Waals surface area contributed by atoms with Gasteiger partial charge in [0.05, 0.1) is 32.3 Å². The number of hydrogen-bond donors (Lipinski definition) is 0. The molecule has 0 N–H and O–H groups in total. The van der Waals surface area contributed by atoms with Crippen molar-refractivity contribution in [1.29, 1.82) is 0 Å². The van der Waals surface area contributed by atoms with E-state index in [4.69, 9.17) is 9.47 Å². The molecule has 1 atom stereocenters. The predicted octanol–water partition coefficient (Wildman–Crippen LogP) is 0.707. The molecule has 2 aliphatic rings. The monoisotopic (exact) mass is 382 g/mol. The molecule has 2 heterocycles. The van der Waals surface area contributed by atoms with Gasteiger partial charge in [0, 0.05) is 26.2 Å². The number of benzene rings is 1. The fourth-order valence-electron chi connectivity index (χ4n) is 3.66. The van der Waals surface area contributed by atoms with Gasteiger partial charge in [-0.1, -0.05) is 0 Å². The summed E-state index contributed by atoms with van der Waals surface area (Å²) in [5, 5.41) is 0. The van der Waals surface area contributed by atoms with E-state index in [9.17, 15) is 13.2 Å². The minimum atomic E-state index is -2.99. The first-order valence-electron chi connectivity index (χ1n) is 8.75. The average molecular weight is 382 g/mol. The first-order chi connectivity index (χ1) is 12.3. The van der Waals surface area contributed by atoms with Gasteiger partial charge >= 0.3 is 0 Å². The Morgan fingerprint density at radius 2 is 1.88 bits per heavy atom. The van der Waals surface area contributed by atoms with E-state index in [1.807, 2.05) is 12.1 Å². The Morgan fingerprint density at radius 1 is 1.23 bits per heavy atom. The maximum Gasteiger partial charge on any atom is 0.236 e. The lowest BCUT2D eigenvalue weighted by atomic mass is 9.98. The molecule has 8 heteroatoms. The van der Waals surface area contributed by atoms with Crippen molar-refractivity contribution in [2.75, 3.05) is 45.9 Å². The van der Waals surface area contributed by atoms with Crippen molar-refractivity contribution in [2.24, 2.45) is 0 Å². The predicted molar refractivity (Wildman–Crippen MR) is 98.4 cm³/mol. The number of carbonyl (C=O) groups is 1. The molecule has 1 saturated heterocycles. The Balaban J connectivity index is 1.64. The summed E-state index contributed by atoms with van der Waals surface area (Å²) in [6.45, 7) is 1.74. The molecule has 26 heavy (non-hydrogen) atoms. The SMILES string of the molecule is COc1cc2c(cc1OC)CN(CC(=O)N(C)C1CCS(=O)(=O)C1)CC2. The largest absolute Gasteiger partial charge is 0.493 e. The van der Waals surface area contributed by atoms with E-state index < -0.39 is 9.84 Å². The smallest absolute Gasteiger partial charge is 0.236 e. The third kappa shape index (κ3) is 3.96. The van der Waals surface area contributed by atoms with E-state index in [1.54, 1.807) is 26.2 Å². The lowest BCUT2D eigenvalue weighted by Crippen LogP contribution is -2.45. The van der Waals surface area contributed by atoms with Crippen LogP contribution in [0.4, 0.5) is 0 Å². The molecule has 3 rings (SSSR count). The molecule has 1 aromatic carbocycles. The van der Waals surface area contributed by atoms with Gasteiger partial charge in [-0.05, 0) is 36.1 Å². The zero-order valence-electron chi connectivity index (χ0n) is 15.5. The molecule has 0 spiro atoms. The maximum absolute atomic E-state index is 12.6. The average Bonchev–Trinajstić information content (AvgIpc) is 2.99. The molecule has 0 bridgehead atoms. The quantitative estimate of drug-likeness (QED) is 0.747. The maximum atomic E-state index is 12.6. The highest BCUT2D eigenvalue weighted by Gasteiger charge is 2.33. The number of methoxy groups -OCH3 is 2. The summed E-state index contributed by atoms with van der Waals surface area (Å²) in [4.78, 5) is 16.3. The highest BCUT2D eigenvalue weighted by molar-refractivity contribution is 7.91. The molecule has 1 aromatic rings. The first-order valence-corrected chi connectivity index (χ1v) is 10.6. The Labute approximate surface area is 154 Å². The molecule has 0 aliphatic carbocycles. The van der Waals surface area contributed by atoms with Crippen LogP contribution in [0.25, 0.3) is 0 Å². The van der Waals surface area contributed by atoms with E-state index in [-0.39, 0.29) is 23.5 Å². The van der Waals surface area contributed by atoms with Gasteiger partial charge < -0.3 is 14.4 Å². The van der Waals surface area contributed by atoms with E-state index >= 15 is 0 Å². The van der Waals surface area contributed by atoms with Crippen molar-refractivity contribution in [3.63, 3.8) is 0 Å². The van der Waals surface area contributed by atoms with E-state index in [0.717, 1.165) is 24.3 Å². The van der Waals surface area contributed by atoms with Crippen LogP contribution in [0.3, 0.4) is 0 Å². The summed E-state index contributed by atoms with van der Waals surface area (Å²) in [6, 6.07) is 3.77. The molecule has 1 fully saturated rings. The highest BCUT2D eigenvalue weighted by Crippen LogP contribution is 2.33. The molecule has 1 amide bonds. The van der Waals surface area contributed by atoms with Crippen LogP contribution < -0.4 is 9.47 Å². The second-order valence-corrected chi connectivity index (χ2v) is 9.23. The number of fused-ring (bicyclic) bond motifs is 1. The first kappa shape index (κ1) is 19.0. The summed E-state index contributed by atoms with van der Waals surface area (Å²) >= 11 is 0. The molecule has 2 aliphatic heterocycles. The van der Waals surface area contributed by atoms with Gasteiger partial charge in [-0.25, -0.2) is 8.42 Å². The molecule has 144 valence electrons. The normalized spacial score (nSPS) is 21.9. The highest BCUT2D eigenvalue weighted by atomic mass is 32.2. The molecule has 1 unspecified atom stereocenters. The number of nitrogens with zero attached hydrogens (tertiary/aromatic N) is 2. The Morgan fingerprint density at radius 3 is 2.46 bits per heavy atom.